The van der Waals surface area contributed by atoms with E-state index in [0.29, 0.717) is 0 Å². The minimum absolute atomic E-state index is 0. The molecule has 2 aliphatic heterocycles. The zero-order chi connectivity index (χ0) is 13.8. The fourth-order valence-electron chi connectivity index (χ4n) is 3.63. The van der Waals surface area contributed by atoms with Crippen molar-refractivity contribution in [3.05, 3.63) is 35.6 Å². The largest absolute Gasteiger partial charge is 0.317 e. The minimum atomic E-state index is -0.132. The summed E-state index contributed by atoms with van der Waals surface area (Å²) in [7, 11) is 0. The smallest absolute Gasteiger partial charge is 0.123 e. The van der Waals surface area contributed by atoms with Crippen molar-refractivity contribution < 1.29 is 4.39 Å². The summed E-state index contributed by atoms with van der Waals surface area (Å²) in [6.07, 6.45) is 5.06. The molecule has 21 heavy (non-hydrogen) atoms. The second-order valence-electron chi connectivity index (χ2n) is 6.44. The second-order valence-corrected chi connectivity index (χ2v) is 6.44. The van der Waals surface area contributed by atoms with Gasteiger partial charge in [-0.2, -0.15) is 0 Å². The molecule has 4 heteroatoms. The van der Waals surface area contributed by atoms with Crippen LogP contribution in [-0.2, 0) is 6.42 Å². The topological polar surface area (TPSA) is 15.3 Å². The molecule has 1 unspecified atom stereocenters. The van der Waals surface area contributed by atoms with E-state index in [0.717, 1.165) is 18.3 Å². The fraction of sp³-hybridized carbons (Fsp3) is 0.647. The molecule has 0 spiro atoms. The highest BCUT2D eigenvalue weighted by molar-refractivity contribution is 5.85. The quantitative estimate of drug-likeness (QED) is 0.919. The molecule has 0 radical (unpaired) electrons. The third-order valence-electron chi connectivity index (χ3n) is 4.78. The van der Waals surface area contributed by atoms with Crippen molar-refractivity contribution in [1.82, 2.24) is 10.2 Å². The summed E-state index contributed by atoms with van der Waals surface area (Å²) in [5.74, 6) is 1.51. The number of rotatable bonds is 4. The number of nitrogens with one attached hydrogen (secondary N) is 1. The van der Waals surface area contributed by atoms with Gasteiger partial charge in [0, 0.05) is 13.1 Å². The molecule has 2 aliphatic rings. The van der Waals surface area contributed by atoms with E-state index in [4.69, 9.17) is 0 Å². The highest BCUT2D eigenvalue weighted by Crippen LogP contribution is 2.23. The molecule has 1 aromatic carbocycles. The molecular formula is C17H26ClFN2. The van der Waals surface area contributed by atoms with Crippen LogP contribution < -0.4 is 5.32 Å². The summed E-state index contributed by atoms with van der Waals surface area (Å²) in [4.78, 5) is 2.64. The van der Waals surface area contributed by atoms with E-state index in [2.05, 4.69) is 10.2 Å². The summed E-state index contributed by atoms with van der Waals surface area (Å²) in [5.41, 5.74) is 1.28. The number of piperidine rings is 1. The predicted octanol–water partition coefficient (Wildman–Crippen LogP) is 3.11. The maximum absolute atomic E-state index is 12.9. The van der Waals surface area contributed by atoms with Gasteiger partial charge in [0.05, 0.1) is 0 Å². The minimum Gasteiger partial charge on any atom is -0.317 e. The summed E-state index contributed by atoms with van der Waals surface area (Å²) >= 11 is 0. The normalized spacial score (nSPS) is 24.0. The van der Waals surface area contributed by atoms with Gasteiger partial charge in [0.1, 0.15) is 5.82 Å². The molecule has 0 aromatic heterocycles. The SMILES string of the molecule is Cl.Fc1ccc(CC2CCN(CC3CCNCC3)C2)cc1. The molecule has 1 N–H and O–H groups in total. The molecule has 1 aromatic rings. The molecular weight excluding hydrogens is 287 g/mol. The average Bonchev–Trinajstić information content (AvgIpc) is 2.90. The van der Waals surface area contributed by atoms with Gasteiger partial charge in [-0.25, -0.2) is 4.39 Å². The van der Waals surface area contributed by atoms with Gasteiger partial charge in [-0.15, -0.1) is 12.4 Å². The molecule has 2 heterocycles. The Morgan fingerprint density at radius 2 is 1.76 bits per heavy atom. The van der Waals surface area contributed by atoms with Gasteiger partial charge >= 0.3 is 0 Å². The van der Waals surface area contributed by atoms with Crippen LogP contribution in [0, 0.1) is 17.7 Å². The number of benzene rings is 1. The number of hydrogen-bond donors (Lipinski definition) is 1. The van der Waals surface area contributed by atoms with Crippen molar-refractivity contribution >= 4 is 12.4 Å². The Balaban J connectivity index is 0.00000161. The molecule has 118 valence electrons. The number of halogens is 2. The molecule has 2 nitrogen and oxygen atoms in total. The van der Waals surface area contributed by atoms with Crippen LogP contribution in [0.25, 0.3) is 0 Å². The zero-order valence-corrected chi connectivity index (χ0v) is 13.4. The fourth-order valence-corrected chi connectivity index (χ4v) is 3.63. The van der Waals surface area contributed by atoms with Crippen LogP contribution >= 0.6 is 12.4 Å². The predicted molar refractivity (Wildman–Crippen MR) is 87.5 cm³/mol. The van der Waals surface area contributed by atoms with E-state index in [1.807, 2.05) is 12.1 Å². The number of likely N-dealkylation sites (tertiary alicyclic amines) is 1. The molecule has 0 saturated carbocycles. The lowest BCUT2D eigenvalue weighted by atomic mass is 9.97. The van der Waals surface area contributed by atoms with Crippen molar-refractivity contribution in [3.63, 3.8) is 0 Å². The van der Waals surface area contributed by atoms with Crippen LogP contribution in [0.2, 0.25) is 0 Å². The number of hydrogen-bond acceptors (Lipinski definition) is 2. The first kappa shape index (κ1) is 16.7. The summed E-state index contributed by atoms with van der Waals surface area (Å²) in [6.45, 7) is 6.13. The third kappa shape index (κ3) is 4.94. The molecule has 3 rings (SSSR count). The van der Waals surface area contributed by atoms with Gasteiger partial charge in [0.25, 0.3) is 0 Å². The summed E-state index contributed by atoms with van der Waals surface area (Å²) in [5, 5.41) is 3.44. The first-order chi connectivity index (χ1) is 9.79. The average molecular weight is 313 g/mol. The zero-order valence-electron chi connectivity index (χ0n) is 12.6. The Kier molecular flexibility index (Phi) is 6.46. The van der Waals surface area contributed by atoms with Gasteiger partial charge in [0.15, 0.2) is 0 Å². The highest BCUT2D eigenvalue weighted by atomic mass is 35.5. The van der Waals surface area contributed by atoms with Crippen LogP contribution in [0.5, 0.6) is 0 Å². The Labute approximate surface area is 133 Å². The lowest BCUT2D eigenvalue weighted by Gasteiger charge is -2.27. The Bertz CT molecular complexity index is 417. The van der Waals surface area contributed by atoms with Crippen molar-refractivity contribution in [3.8, 4) is 0 Å². The van der Waals surface area contributed by atoms with Crippen molar-refractivity contribution in [2.75, 3.05) is 32.7 Å². The molecule has 0 aliphatic carbocycles. The van der Waals surface area contributed by atoms with Gasteiger partial charge in [-0.3, -0.25) is 0 Å². The molecule has 0 amide bonds. The second kappa shape index (κ2) is 8.11. The molecule has 2 saturated heterocycles. The van der Waals surface area contributed by atoms with E-state index in [1.54, 1.807) is 12.1 Å². The van der Waals surface area contributed by atoms with E-state index < -0.39 is 0 Å². The van der Waals surface area contributed by atoms with Crippen LogP contribution in [0.15, 0.2) is 24.3 Å². The van der Waals surface area contributed by atoms with E-state index in [1.165, 1.54) is 57.5 Å². The lowest BCUT2D eigenvalue weighted by molar-refractivity contribution is 0.234. The van der Waals surface area contributed by atoms with E-state index >= 15 is 0 Å². The highest BCUT2D eigenvalue weighted by Gasteiger charge is 2.25. The molecule has 2 fully saturated rings. The Hall–Kier alpha value is -0.640. The van der Waals surface area contributed by atoms with Gasteiger partial charge in [0.2, 0.25) is 0 Å². The van der Waals surface area contributed by atoms with E-state index in [-0.39, 0.29) is 18.2 Å². The standard InChI is InChI=1S/C17H25FN2.ClH/c18-17-3-1-14(2-4-17)11-16-7-10-20(13-16)12-15-5-8-19-9-6-15;/h1-4,15-16,19H,5-13H2;1H. The van der Waals surface area contributed by atoms with Crippen LogP contribution in [0.1, 0.15) is 24.8 Å². The van der Waals surface area contributed by atoms with Crippen molar-refractivity contribution in [2.24, 2.45) is 11.8 Å². The van der Waals surface area contributed by atoms with Crippen molar-refractivity contribution in [2.45, 2.75) is 25.7 Å². The summed E-state index contributed by atoms with van der Waals surface area (Å²) in [6, 6.07) is 7.03. The van der Waals surface area contributed by atoms with Gasteiger partial charge in [-0.1, -0.05) is 12.1 Å². The maximum atomic E-state index is 12.9. The molecule has 0 bridgehead atoms. The van der Waals surface area contributed by atoms with E-state index in [9.17, 15) is 4.39 Å². The Morgan fingerprint density at radius 3 is 2.48 bits per heavy atom. The van der Waals surface area contributed by atoms with Gasteiger partial charge < -0.3 is 10.2 Å². The van der Waals surface area contributed by atoms with Crippen LogP contribution in [-0.4, -0.2) is 37.6 Å². The third-order valence-corrected chi connectivity index (χ3v) is 4.78. The first-order valence-electron chi connectivity index (χ1n) is 7.97. The maximum Gasteiger partial charge on any atom is 0.123 e. The first-order valence-corrected chi connectivity index (χ1v) is 7.97. The van der Waals surface area contributed by atoms with Crippen LogP contribution in [0.4, 0.5) is 4.39 Å². The van der Waals surface area contributed by atoms with Gasteiger partial charge in [-0.05, 0) is 74.8 Å². The monoisotopic (exact) mass is 312 g/mol. The summed E-state index contributed by atoms with van der Waals surface area (Å²) < 4.78 is 12.9. The Morgan fingerprint density at radius 1 is 1.05 bits per heavy atom. The van der Waals surface area contributed by atoms with Crippen LogP contribution in [0.3, 0.4) is 0 Å². The number of nitrogens with zero attached hydrogens (tertiary/aromatic N) is 1. The lowest BCUT2D eigenvalue weighted by Crippen LogP contribution is -2.35. The van der Waals surface area contributed by atoms with Crippen molar-refractivity contribution in [1.29, 1.82) is 0 Å². The molecule has 1 atom stereocenters.